The predicted molar refractivity (Wildman–Crippen MR) is 117 cm³/mol. The first-order valence-corrected chi connectivity index (χ1v) is 10.5. The lowest BCUT2D eigenvalue weighted by Gasteiger charge is -2.32. The van der Waals surface area contributed by atoms with E-state index in [-0.39, 0.29) is 18.8 Å². The van der Waals surface area contributed by atoms with E-state index in [0.29, 0.717) is 55.4 Å². The maximum absolute atomic E-state index is 12.6. The number of nitrogens with zero attached hydrogens (tertiary/aromatic N) is 2. The first-order valence-electron chi connectivity index (χ1n) is 10.5. The smallest absolute Gasteiger partial charge is 0.306 e. The molecule has 33 heavy (non-hydrogen) atoms. The molecule has 0 saturated carbocycles. The van der Waals surface area contributed by atoms with Crippen LogP contribution in [0.2, 0.25) is 0 Å². The second kappa shape index (κ2) is 11.0. The lowest BCUT2D eigenvalue weighted by molar-refractivity contribution is -0.141. The quantitative estimate of drug-likeness (QED) is 0.412. The van der Waals surface area contributed by atoms with E-state index in [2.05, 4.69) is 0 Å². The molecule has 2 N–H and O–H groups in total. The number of hydrogen-bond acceptors (Lipinski definition) is 9. The average Bonchev–Trinajstić information content (AvgIpc) is 2.84. The number of benzene rings is 1. The van der Waals surface area contributed by atoms with Crippen LogP contribution in [0.4, 0.5) is 0 Å². The number of aliphatic hydroxyl groups is 1. The van der Waals surface area contributed by atoms with Crippen molar-refractivity contribution in [1.29, 1.82) is 0 Å². The number of methoxy groups -OCH3 is 2. The third kappa shape index (κ3) is 5.71. The predicted octanol–water partition coefficient (Wildman–Crippen LogP) is 0.815. The Morgan fingerprint density at radius 3 is 2.55 bits per heavy atom. The normalized spacial score (nSPS) is 15.2. The number of amides is 1. The molecule has 3 rings (SSSR count). The fraction of sp³-hybridized carbons (Fsp3) is 0.435. The van der Waals surface area contributed by atoms with Gasteiger partial charge in [-0.15, -0.1) is 0 Å². The third-order valence-corrected chi connectivity index (χ3v) is 5.73. The fourth-order valence-corrected chi connectivity index (χ4v) is 3.87. The van der Waals surface area contributed by atoms with Crippen molar-refractivity contribution in [3.8, 4) is 11.5 Å². The number of esters is 1. The SMILES string of the molecule is COC(=O)C[C@H](c1ccc(OC)c(CO)c1)c1oc(CN2CCN(C=O)CC2)cc(=O)c1O. The topological polar surface area (TPSA) is 130 Å². The molecule has 1 aromatic heterocycles. The summed E-state index contributed by atoms with van der Waals surface area (Å²) in [6.07, 6.45) is 0.620. The fourth-order valence-electron chi connectivity index (χ4n) is 3.87. The molecular formula is C23H28N2O8. The van der Waals surface area contributed by atoms with Gasteiger partial charge in [0.15, 0.2) is 5.76 Å². The summed E-state index contributed by atoms with van der Waals surface area (Å²) in [4.78, 5) is 39.3. The number of ether oxygens (including phenoxy) is 2. The van der Waals surface area contributed by atoms with Gasteiger partial charge in [-0.3, -0.25) is 19.3 Å². The molecule has 1 aromatic carbocycles. The zero-order valence-corrected chi connectivity index (χ0v) is 18.7. The van der Waals surface area contributed by atoms with Crippen LogP contribution in [0.1, 0.15) is 35.0 Å². The minimum atomic E-state index is -0.826. The summed E-state index contributed by atoms with van der Waals surface area (Å²) in [5.74, 6) is -1.22. The van der Waals surface area contributed by atoms with Crippen molar-refractivity contribution in [3.63, 3.8) is 0 Å². The van der Waals surface area contributed by atoms with Gasteiger partial charge < -0.3 is 29.0 Å². The maximum Gasteiger partial charge on any atom is 0.306 e. The number of carbonyl (C=O) groups excluding carboxylic acids is 2. The first kappa shape index (κ1) is 24.3. The Morgan fingerprint density at radius 1 is 1.21 bits per heavy atom. The summed E-state index contributed by atoms with van der Waals surface area (Å²) in [6, 6.07) is 6.18. The molecule has 1 saturated heterocycles. The number of piperazine rings is 1. The molecule has 1 amide bonds. The van der Waals surface area contributed by atoms with Gasteiger partial charge in [-0.1, -0.05) is 6.07 Å². The van der Waals surface area contributed by atoms with Gasteiger partial charge in [0, 0.05) is 37.8 Å². The maximum atomic E-state index is 12.6. The molecule has 0 spiro atoms. The highest BCUT2D eigenvalue weighted by Crippen LogP contribution is 2.35. The van der Waals surface area contributed by atoms with Crippen molar-refractivity contribution in [2.75, 3.05) is 40.4 Å². The minimum absolute atomic E-state index is 0.0523. The van der Waals surface area contributed by atoms with Crippen LogP contribution in [0.5, 0.6) is 11.5 Å². The number of aliphatic hydroxyl groups excluding tert-OH is 1. The van der Waals surface area contributed by atoms with Crippen molar-refractivity contribution in [1.82, 2.24) is 9.80 Å². The summed E-state index contributed by atoms with van der Waals surface area (Å²) in [5, 5.41) is 20.2. The molecule has 0 unspecified atom stereocenters. The number of carbonyl (C=O) groups is 2. The highest BCUT2D eigenvalue weighted by molar-refractivity contribution is 5.71. The second-order valence-corrected chi connectivity index (χ2v) is 7.77. The van der Waals surface area contributed by atoms with E-state index >= 15 is 0 Å². The van der Waals surface area contributed by atoms with Crippen molar-refractivity contribution < 1.29 is 33.7 Å². The molecule has 10 heteroatoms. The van der Waals surface area contributed by atoms with E-state index < -0.39 is 23.1 Å². The van der Waals surface area contributed by atoms with Gasteiger partial charge in [0.05, 0.1) is 39.7 Å². The van der Waals surface area contributed by atoms with Gasteiger partial charge in [0.25, 0.3) is 0 Å². The van der Waals surface area contributed by atoms with Crippen LogP contribution in [0.25, 0.3) is 0 Å². The summed E-state index contributed by atoms with van der Waals surface area (Å²) in [5.41, 5.74) is 0.403. The molecular weight excluding hydrogens is 432 g/mol. The molecule has 1 aliphatic heterocycles. The highest BCUT2D eigenvalue weighted by atomic mass is 16.5. The van der Waals surface area contributed by atoms with E-state index in [0.717, 1.165) is 6.41 Å². The van der Waals surface area contributed by atoms with Crippen molar-refractivity contribution in [2.45, 2.75) is 25.5 Å². The molecule has 1 atom stereocenters. The molecule has 2 heterocycles. The van der Waals surface area contributed by atoms with Gasteiger partial charge in [0.1, 0.15) is 11.5 Å². The Hall–Kier alpha value is -3.37. The van der Waals surface area contributed by atoms with Crippen LogP contribution < -0.4 is 10.2 Å². The van der Waals surface area contributed by atoms with Crippen LogP contribution in [0, 0.1) is 0 Å². The monoisotopic (exact) mass is 460 g/mol. The summed E-state index contributed by atoms with van der Waals surface area (Å²) in [7, 11) is 2.72. The summed E-state index contributed by atoms with van der Waals surface area (Å²) < 4.78 is 16.0. The Labute approximate surface area is 190 Å². The Kier molecular flexibility index (Phi) is 8.07. The van der Waals surface area contributed by atoms with Crippen LogP contribution in [0.15, 0.2) is 33.5 Å². The molecule has 10 nitrogen and oxygen atoms in total. The third-order valence-electron chi connectivity index (χ3n) is 5.73. The lowest BCUT2D eigenvalue weighted by atomic mass is 9.91. The summed E-state index contributed by atoms with van der Waals surface area (Å²) >= 11 is 0. The molecule has 178 valence electrons. The van der Waals surface area contributed by atoms with Crippen LogP contribution in [-0.2, 0) is 27.5 Å². The largest absolute Gasteiger partial charge is 0.502 e. The standard InChI is InChI=1S/C23H28N2O8/c1-31-20-4-3-15(9-16(20)13-26)18(11-21(29)32-2)23-22(30)19(28)10-17(33-23)12-24-5-7-25(14-27)8-6-24/h3-4,9-10,14,18,26,30H,5-8,11-13H2,1-2H3/t18-/m1/s1. The molecule has 1 aliphatic rings. The van der Waals surface area contributed by atoms with E-state index in [1.54, 1.807) is 23.1 Å². The Morgan fingerprint density at radius 2 is 1.94 bits per heavy atom. The number of aromatic hydroxyl groups is 1. The van der Waals surface area contributed by atoms with Gasteiger partial charge >= 0.3 is 5.97 Å². The van der Waals surface area contributed by atoms with Crippen LogP contribution >= 0.6 is 0 Å². The first-order chi connectivity index (χ1) is 15.9. The van der Waals surface area contributed by atoms with Gasteiger partial charge in [-0.2, -0.15) is 0 Å². The van der Waals surface area contributed by atoms with Crippen LogP contribution in [-0.4, -0.2) is 72.8 Å². The van der Waals surface area contributed by atoms with Crippen LogP contribution in [0.3, 0.4) is 0 Å². The van der Waals surface area contributed by atoms with Crippen molar-refractivity contribution in [3.05, 3.63) is 57.1 Å². The zero-order chi connectivity index (χ0) is 24.0. The average molecular weight is 460 g/mol. The van der Waals surface area contributed by atoms with Gasteiger partial charge in [-0.25, -0.2) is 0 Å². The molecule has 0 radical (unpaired) electrons. The summed E-state index contributed by atoms with van der Waals surface area (Å²) in [6.45, 7) is 2.37. The Bertz CT molecular complexity index is 1040. The second-order valence-electron chi connectivity index (χ2n) is 7.77. The number of hydrogen-bond donors (Lipinski definition) is 2. The lowest BCUT2D eigenvalue weighted by Crippen LogP contribution is -2.45. The van der Waals surface area contributed by atoms with E-state index in [4.69, 9.17) is 13.9 Å². The minimum Gasteiger partial charge on any atom is -0.502 e. The number of rotatable bonds is 9. The molecule has 2 aromatic rings. The Balaban J connectivity index is 1.98. The molecule has 1 fully saturated rings. The van der Waals surface area contributed by atoms with E-state index in [1.165, 1.54) is 20.3 Å². The molecule has 0 aliphatic carbocycles. The van der Waals surface area contributed by atoms with Gasteiger partial charge in [0.2, 0.25) is 17.6 Å². The van der Waals surface area contributed by atoms with Crippen molar-refractivity contribution in [2.24, 2.45) is 0 Å². The highest BCUT2D eigenvalue weighted by Gasteiger charge is 2.28. The van der Waals surface area contributed by atoms with E-state index in [1.807, 2.05) is 4.90 Å². The van der Waals surface area contributed by atoms with Gasteiger partial charge in [-0.05, 0) is 17.7 Å². The van der Waals surface area contributed by atoms with Crippen molar-refractivity contribution >= 4 is 12.4 Å². The molecule has 0 bridgehead atoms. The van der Waals surface area contributed by atoms with E-state index in [9.17, 15) is 24.6 Å². The zero-order valence-electron chi connectivity index (χ0n) is 18.7.